The fraction of sp³-hybridized carbons (Fsp3) is 0.0870. The summed E-state index contributed by atoms with van der Waals surface area (Å²) >= 11 is 1.67. The Hall–Kier alpha value is -3.38. The summed E-state index contributed by atoms with van der Waals surface area (Å²) in [6.45, 7) is 0.804. The minimum atomic E-state index is 0.601. The van der Waals surface area contributed by atoms with Gasteiger partial charge in [0.15, 0.2) is 11.6 Å². The SMILES string of the molecule is c1ccc(Cn2ccnc2CSc2nc(-c3ccco3)nc3ccccc23)cc1. The van der Waals surface area contributed by atoms with E-state index in [1.165, 1.54) is 5.56 Å². The Labute approximate surface area is 172 Å². The summed E-state index contributed by atoms with van der Waals surface area (Å²) < 4.78 is 7.69. The maximum absolute atomic E-state index is 5.51. The molecule has 0 radical (unpaired) electrons. The molecule has 0 aliphatic carbocycles. The molecule has 2 aromatic carbocycles. The molecule has 5 aromatic rings. The molecule has 3 aromatic heterocycles. The predicted molar refractivity (Wildman–Crippen MR) is 115 cm³/mol. The maximum Gasteiger partial charge on any atom is 0.197 e. The van der Waals surface area contributed by atoms with E-state index in [9.17, 15) is 0 Å². The van der Waals surface area contributed by atoms with Crippen LogP contribution in [0.4, 0.5) is 0 Å². The van der Waals surface area contributed by atoms with Crippen molar-refractivity contribution in [3.05, 3.63) is 96.8 Å². The number of aromatic nitrogens is 4. The quantitative estimate of drug-likeness (QED) is 0.282. The smallest absolute Gasteiger partial charge is 0.197 e. The van der Waals surface area contributed by atoms with Gasteiger partial charge in [-0.05, 0) is 23.8 Å². The highest BCUT2D eigenvalue weighted by atomic mass is 32.2. The second-order valence-corrected chi connectivity index (χ2v) is 7.56. The molecule has 0 fully saturated rings. The highest BCUT2D eigenvalue weighted by Crippen LogP contribution is 2.30. The van der Waals surface area contributed by atoms with Crippen LogP contribution in [0.2, 0.25) is 0 Å². The van der Waals surface area contributed by atoms with Crippen molar-refractivity contribution in [3.8, 4) is 11.6 Å². The van der Waals surface area contributed by atoms with Gasteiger partial charge in [-0.2, -0.15) is 0 Å². The Morgan fingerprint density at radius 3 is 2.62 bits per heavy atom. The molecule has 0 saturated carbocycles. The van der Waals surface area contributed by atoms with Crippen molar-refractivity contribution in [3.63, 3.8) is 0 Å². The van der Waals surface area contributed by atoms with Gasteiger partial charge in [0.05, 0.1) is 17.5 Å². The van der Waals surface area contributed by atoms with Gasteiger partial charge in [0.25, 0.3) is 0 Å². The molecule has 3 heterocycles. The van der Waals surface area contributed by atoms with Crippen LogP contribution < -0.4 is 0 Å². The van der Waals surface area contributed by atoms with E-state index in [0.29, 0.717) is 11.6 Å². The van der Waals surface area contributed by atoms with Crippen LogP contribution in [0.1, 0.15) is 11.4 Å². The van der Waals surface area contributed by atoms with E-state index >= 15 is 0 Å². The lowest BCUT2D eigenvalue weighted by Gasteiger charge is -2.10. The van der Waals surface area contributed by atoms with Gasteiger partial charge in [0.2, 0.25) is 0 Å². The molecule has 5 rings (SSSR count). The molecule has 5 nitrogen and oxygen atoms in total. The van der Waals surface area contributed by atoms with Gasteiger partial charge in [-0.1, -0.05) is 60.3 Å². The Kier molecular flexibility index (Phi) is 4.84. The van der Waals surface area contributed by atoms with Crippen LogP contribution in [-0.2, 0) is 12.3 Å². The van der Waals surface area contributed by atoms with Crippen LogP contribution in [0, 0.1) is 0 Å². The maximum atomic E-state index is 5.51. The van der Waals surface area contributed by atoms with Crippen molar-refractivity contribution in [1.29, 1.82) is 0 Å². The lowest BCUT2D eigenvalue weighted by molar-refractivity contribution is 0.577. The van der Waals surface area contributed by atoms with E-state index in [4.69, 9.17) is 9.40 Å². The first-order chi connectivity index (χ1) is 14.4. The summed E-state index contributed by atoms with van der Waals surface area (Å²) in [7, 11) is 0. The van der Waals surface area contributed by atoms with Crippen molar-refractivity contribution < 1.29 is 4.42 Å². The topological polar surface area (TPSA) is 56.7 Å². The molecule has 6 heteroatoms. The van der Waals surface area contributed by atoms with E-state index in [-0.39, 0.29) is 0 Å². The average Bonchev–Trinajstić information content (AvgIpc) is 3.45. The highest BCUT2D eigenvalue weighted by Gasteiger charge is 2.13. The number of fused-ring (bicyclic) bond motifs is 1. The standard InChI is InChI=1S/C23H18N4OS/c1-2-7-17(8-3-1)15-27-13-12-24-21(27)16-29-23-18-9-4-5-10-19(18)25-22(26-23)20-11-6-14-28-20/h1-14H,15-16H2. The van der Waals surface area contributed by atoms with Crippen molar-refractivity contribution in [2.24, 2.45) is 0 Å². The number of hydrogen-bond acceptors (Lipinski definition) is 5. The van der Waals surface area contributed by atoms with E-state index in [0.717, 1.165) is 34.1 Å². The van der Waals surface area contributed by atoms with Crippen LogP contribution in [0.25, 0.3) is 22.5 Å². The highest BCUT2D eigenvalue weighted by molar-refractivity contribution is 7.98. The number of thioether (sulfide) groups is 1. The summed E-state index contributed by atoms with van der Waals surface area (Å²) in [4.78, 5) is 14.0. The van der Waals surface area contributed by atoms with E-state index in [2.05, 4.69) is 44.9 Å². The summed E-state index contributed by atoms with van der Waals surface area (Å²) in [5.74, 6) is 3.01. The number of benzene rings is 2. The Morgan fingerprint density at radius 1 is 0.897 bits per heavy atom. The molecule has 0 unspecified atom stereocenters. The fourth-order valence-corrected chi connectivity index (χ4v) is 4.20. The number of imidazole rings is 1. The molecule has 0 atom stereocenters. The van der Waals surface area contributed by atoms with E-state index in [1.807, 2.05) is 48.8 Å². The molecule has 0 N–H and O–H groups in total. The second kappa shape index (κ2) is 7.93. The predicted octanol–water partition coefficient (Wildman–Crippen LogP) is 5.43. The van der Waals surface area contributed by atoms with E-state index < -0.39 is 0 Å². The third-order valence-corrected chi connectivity index (χ3v) is 5.63. The first-order valence-electron chi connectivity index (χ1n) is 9.34. The van der Waals surface area contributed by atoms with Crippen molar-refractivity contribution in [2.45, 2.75) is 17.3 Å². The molecule has 0 bridgehead atoms. The zero-order valence-corrected chi connectivity index (χ0v) is 16.4. The Balaban J connectivity index is 1.44. The second-order valence-electron chi connectivity index (χ2n) is 6.59. The Bertz CT molecular complexity index is 1230. The van der Waals surface area contributed by atoms with Crippen molar-refractivity contribution in [2.75, 3.05) is 0 Å². The number of nitrogens with zero attached hydrogens (tertiary/aromatic N) is 4. The van der Waals surface area contributed by atoms with Crippen molar-refractivity contribution in [1.82, 2.24) is 19.5 Å². The van der Waals surface area contributed by atoms with Crippen LogP contribution >= 0.6 is 11.8 Å². The molecule has 29 heavy (non-hydrogen) atoms. The van der Waals surface area contributed by atoms with Crippen LogP contribution in [0.3, 0.4) is 0 Å². The zero-order valence-electron chi connectivity index (χ0n) is 15.6. The van der Waals surface area contributed by atoms with E-state index in [1.54, 1.807) is 18.0 Å². The summed E-state index contributed by atoms with van der Waals surface area (Å²) in [6.07, 6.45) is 5.52. The van der Waals surface area contributed by atoms with Crippen LogP contribution in [-0.4, -0.2) is 19.5 Å². The van der Waals surface area contributed by atoms with Crippen LogP contribution in [0.15, 0.2) is 94.8 Å². The van der Waals surface area contributed by atoms with Gasteiger partial charge >= 0.3 is 0 Å². The minimum absolute atomic E-state index is 0.601. The molecule has 0 aliphatic rings. The monoisotopic (exact) mass is 398 g/mol. The van der Waals surface area contributed by atoms with Crippen molar-refractivity contribution >= 4 is 22.7 Å². The summed E-state index contributed by atoms with van der Waals surface area (Å²) in [6, 6.07) is 22.2. The minimum Gasteiger partial charge on any atom is -0.461 e. The fourth-order valence-electron chi connectivity index (χ4n) is 3.21. The Morgan fingerprint density at radius 2 is 1.76 bits per heavy atom. The number of furan rings is 1. The lowest BCUT2D eigenvalue weighted by atomic mass is 10.2. The molecule has 142 valence electrons. The normalized spacial score (nSPS) is 11.2. The van der Waals surface area contributed by atoms with Gasteiger partial charge < -0.3 is 8.98 Å². The van der Waals surface area contributed by atoms with Gasteiger partial charge in [0, 0.05) is 24.3 Å². The summed E-state index contributed by atoms with van der Waals surface area (Å²) in [5.41, 5.74) is 2.16. The molecular formula is C23H18N4OS. The largest absolute Gasteiger partial charge is 0.461 e. The number of para-hydroxylation sites is 1. The third-order valence-electron chi connectivity index (χ3n) is 4.65. The van der Waals surface area contributed by atoms with Gasteiger partial charge in [0.1, 0.15) is 10.9 Å². The lowest BCUT2D eigenvalue weighted by Crippen LogP contribution is -2.03. The molecule has 0 aliphatic heterocycles. The molecular weight excluding hydrogens is 380 g/mol. The molecule has 0 saturated heterocycles. The first kappa shape index (κ1) is 17.7. The number of rotatable bonds is 6. The first-order valence-corrected chi connectivity index (χ1v) is 10.3. The number of hydrogen-bond donors (Lipinski definition) is 0. The zero-order chi connectivity index (χ0) is 19.5. The van der Waals surface area contributed by atoms with Gasteiger partial charge in [-0.15, -0.1) is 0 Å². The molecule has 0 spiro atoms. The average molecular weight is 398 g/mol. The van der Waals surface area contributed by atoms with Crippen LogP contribution in [0.5, 0.6) is 0 Å². The summed E-state index contributed by atoms with van der Waals surface area (Å²) in [5, 5.41) is 1.96. The molecule has 0 amide bonds. The van der Waals surface area contributed by atoms with Gasteiger partial charge in [-0.3, -0.25) is 0 Å². The third kappa shape index (κ3) is 3.79. The van der Waals surface area contributed by atoms with Gasteiger partial charge in [-0.25, -0.2) is 15.0 Å².